The van der Waals surface area contributed by atoms with Crippen molar-refractivity contribution >= 4 is 17.2 Å². The Balaban J connectivity index is 1.86. The van der Waals surface area contributed by atoms with Gasteiger partial charge >= 0.3 is 0 Å². The predicted octanol–water partition coefficient (Wildman–Crippen LogP) is 3.59. The Morgan fingerprint density at radius 3 is 2.57 bits per heavy atom. The second kappa shape index (κ2) is 6.75. The predicted molar refractivity (Wildman–Crippen MR) is 88.1 cm³/mol. The second-order valence-electron chi connectivity index (χ2n) is 5.29. The first kappa shape index (κ1) is 15.4. The molecule has 118 valence electrons. The molecule has 5 nitrogen and oxygen atoms in total. The molecule has 0 radical (unpaired) electrons. The van der Waals surface area contributed by atoms with Gasteiger partial charge in [-0.15, -0.1) is 11.3 Å². The molecule has 0 saturated carbocycles. The minimum atomic E-state index is -0.126. The quantitative estimate of drug-likeness (QED) is 0.718. The first-order chi connectivity index (χ1) is 11.1. The van der Waals surface area contributed by atoms with Gasteiger partial charge in [0.25, 0.3) is 5.91 Å². The van der Waals surface area contributed by atoms with Gasteiger partial charge < -0.3 is 9.32 Å². The van der Waals surface area contributed by atoms with Crippen LogP contribution in [0.3, 0.4) is 0 Å². The molecule has 0 aliphatic heterocycles. The summed E-state index contributed by atoms with van der Waals surface area (Å²) in [4.78, 5) is 25.1. The molecule has 0 aliphatic rings. The summed E-state index contributed by atoms with van der Waals surface area (Å²) in [6.07, 6.45) is 4.77. The molecule has 0 saturated heterocycles. The zero-order chi connectivity index (χ0) is 16.2. The van der Waals surface area contributed by atoms with E-state index >= 15 is 0 Å². The Bertz CT molecular complexity index is 795. The fourth-order valence-corrected chi connectivity index (χ4v) is 3.23. The molecule has 6 heteroatoms. The van der Waals surface area contributed by atoms with Crippen LogP contribution in [0.4, 0.5) is 0 Å². The van der Waals surface area contributed by atoms with Gasteiger partial charge in [0.2, 0.25) is 0 Å². The third kappa shape index (κ3) is 3.65. The van der Waals surface area contributed by atoms with E-state index < -0.39 is 0 Å². The van der Waals surface area contributed by atoms with Crippen molar-refractivity contribution in [3.63, 3.8) is 0 Å². The first-order valence-electron chi connectivity index (χ1n) is 7.27. The van der Waals surface area contributed by atoms with Crippen molar-refractivity contribution < 1.29 is 9.21 Å². The molecule has 1 amide bonds. The van der Waals surface area contributed by atoms with E-state index in [2.05, 4.69) is 29.0 Å². The molecule has 23 heavy (non-hydrogen) atoms. The maximum Gasteiger partial charge on any atom is 0.276 e. The Hall–Kier alpha value is -2.47. The van der Waals surface area contributed by atoms with Gasteiger partial charge in [0.05, 0.1) is 6.54 Å². The zero-order valence-corrected chi connectivity index (χ0v) is 13.8. The van der Waals surface area contributed by atoms with Crippen molar-refractivity contribution in [2.24, 2.45) is 0 Å². The largest absolute Gasteiger partial charge is 0.448 e. The van der Waals surface area contributed by atoms with Gasteiger partial charge in [-0.3, -0.25) is 9.78 Å². The number of amides is 1. The van der Waals surface area contributed by atoms with Crippen molar-refractivity contribution in [1.29, 1.82) is 0 Å². The topological polar surface area (TPSA) is 59.2 Å². The zero-order valence-electron chi connectivity index (χ0n) is 13.0. The van der Waals surface area contributed by atoms with E-state index in [1.54, 1.807) is 35.6 Å². The molecule has 3 aromatic heterocycles. The van der Waals surface area contributed by atoms with Gasteiger partial charge in [0.15, 0.2) is 12.1 Å². The van der Waals surface area contributed by atoms with Gasteiger partial charge in [-0.1, -0.05) is 0 Å². The van der Waals surface area contributed by atoms with Crippen LogP contribution in [0.2, 0.25) is 0 Å². The van der Waals surface area contributed by atoms with E-state index in [1.165, 1.54) is 11.3 Å². The molecule has 0 unspecified atom stereocenters. The van der Waals surface area contributed by atoms with Crippen LogP contribution in [0.25, 0.3) is 0 Å². The highest BCUT2D eigenvalue weighted by Crippen LogP contribution is 2.20. The maximum absolute atomic E-state index is 12.8. The molecule has 0 atom stereocenters. The third-order valence-electron chi connectivity index (χ3n) is 3.50. The van der Waals surface area contributed by atoms with Gasteiger partial charge in [0.1, 0.15) is 5.76 Å². The van der Waals surface area contributed by atoms with Crippen LogP contribution < -0.4 is 0 Å². The van der Waals surface area contributed by atoms with E-state index in [-0.39, 0.29) is 5.91 Å². The van der Waals surface area contributed by atoms with E-state index in [9.17, 15) is 4.79 Å². The normalized spacial score (nSPS) is 10.7. The van der Waals surface area contributed by atoms with Crippen molar-refractivity contribution in [1.82, 2.24) is 14.9 Å². The smallest absolute Gasteiger partial charge is 0.276 e. The lowest BCUT2D eigenvalue weighted by molar-refractivity contribution is 0.0724. The van der Waals surface area contributed by atoms with Crippen LogP contribution in [-0.4, -0.2) is 20.8 Å². The van der Waals surface area contributed by atoms with Crippen LogP contribution in [0, 0.1) is 13.8 Å². The average molecular weight is 327 g/mol. The van der Waals surface area contributed by atoms with Crippen LogP contribution in [0.15, 0.2) is 47.5 Å². The number of carbonyl (C=O) groups excluding carboxylic acids is 1. The molecule has 0 N–H and O–H groups in total. The lowest BCUT2D eigenvalue weighted by Crippen LogP contribution is -2.30. The van der Waals surface area contributed by atoms with Crippen LogP contribution in [0.5, 0.6) is 0 Å². The number of aryl methyl sites for hydroxylation is 2. The SMILES string of the molecule is Cc1ccc(CN(Cc2ccncc2)C(=O)c2ncoc2C)s1. The summed E-state index contributed by atoms with van der Waals surface area (Å²) in [5.74, 6) is 0.413. The number of pyridine rings is 1. The van der Waals surface area contributed by atoms with Crippen molar-refractivity contribution in [3.05, 3.63) is 69.8 Å². The number of carbonyl (C=O) groups is 1. The summed E-state index contributed by atoms with van der Waals surface area (Å²) in [6, 6.07) is 7.95. The van der Waals surface area contributed by atoms with Crippen LogP contribution in [0.1, 0.15) is 31.6 Å². The monoisotopic (exact) mass is 327 g/mol. The number of aromatic nitrogens is 2. The number of thiophene rings is 1. The van der Waals surface area contributed by atoms with E-state index in [0.29, 0.717) is 24.5 Å². The van der Waals surface area contributed by atoms with Crippen LogP contribution >= 0.6 is 11.3 Å². The lowest BCUT2D eigenvalue weighted by atomic mass is 10.2. The van der Waals surface area contributed by atoms with E-state index in [4.69, 9.17) is 4.42 Å². The van der Waals surface area contributed by atoms with Crippen molar-refractivity contribution in [2.75, 3.05) is 0 Å². The van der Waals surface area contributed by atoms with Gasteiger partial charge in [-0.2, -0.15) is 0 Å². The van der Waals surface area contributed by atoms with Crippen molar-refractivity contribution in [2.45, 2.75) is 26.9 Å². The van der Waals surface area contributed by atoms with Gasteiger partial charge in [0, 0.05) is 28.7 Å². The molecule has 0 spiro atoms. The number of oxazole rings is 1. The lowest BCUT2D eigenvalue weighted by Gasteiger charge is -2.21. The molecule has 0 aliphatic carbocycles. The highest BCUT2D eigenvalue weighted by Gasteiger charge is 2.22. The fraction of sp³-hybridized carbons (Fsp3) is 0.235. The molecular formula is C17H17N3O2S. The fourth-order valence-electron chi connectivity index (χ4n) is 2.33. The highest BCUT2D eigenvalue weighted by atomic mass is 32.1. The number of hydrogen-bond donors (Lipinski definition) is 0. The minimum Gasteiger partial charge on any atom is -0.448 e. The van der Waals surface area contributed by atoms with Crippen molar-refractivity contribution in [3.8, 4) is 0 Å². The Morgan fingerprint density at radius 2 is 1.96 bits per heavy atom. The Kier molecular flexibility index (Phi) is 4.52. The summed E-state index contributed by atoms with van der Waals surface area (Å²) in [5.41, 5.74) is 1.40. The summed E-state index contributed by atoms with van der Waals surface area (Å²) < 4.78 is 5.17. The molecule has 0 aromatic carbocycles. The third-order valence-corrected chi connectivity index (χ3v) is 4.49. The number of rotatable bonds is 5. The molecular weight excluding hydrogens is 310 g/mol. The Labute approximate surface area is 138 Å². The summed E-state index contributed by atoms with van der Waals surface area (Å²) in [7, 11) is 0. The highest BCUT2D eigenvalue weighted by molar-refractivity contribution is 7.11. The minimum absolute atomic E-state index is 0.126. The van der Waals surface area contributed by atoms with E-state index in [1.807, 2.05) is 12.1 Å². The molecule has 3 rings (SSSR count). The molecule has 0 bridgehead atoms. The van der Waals surface area contributed by atoms with Gasteiger partial charge in [-0.05, 0) is 43.7 Å². The van der Waals surface area contributed by atoms with Gasteiger partial charge in [-0.25, -0.2) is 4.98 Å². The molecule has 0 fully saturated rings. The summed E-state index contributed by atoms with van der Waals surface area (Å²) in [6.45, 7) is 4.86. The standard InChI is InChI=1S/C17H17N3O2S/c1-12-3-4-15(23-12)10-20(9-14-5-7-18-8-6-14)17(21)16-13(2)22-11-19-16/h3-8,11H,9-10H2,1-2H3. The van der Waals surface area contributed by atoms with E-state index in [0.717, 1.165) is 10.4 Å². The summed E-state index contributed by atoms with van der Waals surface area (Å²) >= 11 is 1.70. The summed E-state index contributed by atoms with van der Waals surface area (Å²) in [5, 5.41) is 0. The molecule has 3 aromatic rings. The average Bonchev–Trinajstić information content (AvgIpc) is 3.15. The first-order valence-corrected chi connectivity index (χ1v) is 8.08. The second-order valence-corrected chi connectivity index (χ2v) is 6.66. The Morgan fingerprint density at radius 1 is 1.17 bits per heavy atom. The number of hydrogen-bond acceptors (Lipinski definition) is 5. The molecule has 3 heterocycles. The van der Waals surface area contributed by atoms with Crippen LogP contribution in [-0.2, 0) is 13.1 Å². The maximum atomic E-state index is 12.8. The number of nitrogens with zero attached hydrogens (tertiary/aromatic N) is 3.